The average molecular weight is 171 g/mol. The van der Waals surface area contributed by atoms with Crippen LogP contribution in [0.4, 0.5) is 0 Å². The van der Waals surface area contributed by atoms with Gasteiger partial charge in [-0.3, -0.25) is 0 Å². The minimum Gasteiger partial charge on any atom is -0.389 e. The van der Waals surface area contributed by atoms with E-state index < -0.39 is 5.60 Å². The van der Waals surface area contributed by atoms with Gasteiger partial charge in [0.1, 0.15) is 0 Å². The number of aliphatic hydroxyl groups is 1. The van der Waals surface area contributed by atoms with Crippen molar-refractivity contribution in [3.8, 4) is 0 Å². The summed E-state index contributed by atoms with van der Waals surface area (Å²) in [6.07, 6.45) is 5.68. The van der Waals surface area contributed by atoms with Crippen molar-refractivity contribution in [3.63, 3.8) is 0 Å². The summed E-state index contributed by atoms with van der Waals surface area (Å²) in [4.78, 5) is 0. The third-order valence-corrected chi connectivity index (χ3v) is 3.01. The summed E-state index contributed by atoms with van der Waals surface area (Å²) in [5, 5.41) is 13.2. The molecule has 0 aromatic rings. The smallest absolute Gasteiger partial charge is 0.0774 e. The lowest BCUT2D eigenvalue weighted by Crippen LogP contribution is -2.43. The predicted molar refractivity (Wildman–Crippen MR) is 51.1 cm³/mol. The summed E-state index contributed by atoms with van der Waals surface area (Å²) in [6, 6.07) is 0. The predicted octanol–water partition coefficient (Wildman–Crippen LogP) is 1.54. The first-order chi connectivity index (χ1) is 5.70. The molecular formula is C10H21NO. The molecule has 2 N–H and O–H groups in total. The molecule has 0 radical (unpaired) electrons. The molecule has 1 aliphatic rings. The maximum absolute atomic E-state index is 10.1. The Morgan fingerprint density at radius 3 is 2.92 bits per heavy atom. The van der Waals surface area contributed by atoms with Crippen LogP contribution in [-0.4, -0.2) is 24.3 Å². The first-order valence-electron chi connectivity index (χ1n) is 5.07. The monoisotopic (exact) mass is 171 g/mol. The van der Waals surface area contributed by atoms with Gasteiger partial charge < -0.3 is 10.4 Å². The van der Waals surface area contributed by atoms with Crippen molar-refractivity contribution in [1.29, 1.82) is 0 Å². The maximum atomic E-state index is 10.1. The van der Waals surface area contributed by atoms with Gasteiger partial charge in [-0.25, -0.2) is 0 Å². The first-order valence-corrected chi connectivity index (χ1v) is 5.07. The Bertz CT molecular complexity index is 134. The van der Waals surface area contributed by atoms with E-state index in [0.29, 0.717) is 0 Å². The van der Waals surface area contributed by atoms with Gasteiger partial charge in [0.15, 0.2) is 0 Å². The zero-order valence-corrected chi connectivity index (χ0v) is 8.27. The van der Waals surface area contributed by atoms with E-state index in [-0.39, 0.29) is 0 Å². The van der Waals surface area contributed by atoms with E-state index in [0.717, 1.165) is 25.3 Å². The molecule has 1 fully saturated rings. The van der Waals surface area contributed by atoms with Gasteiger partial charge in [-0.15, -0.1) is 0 Å². The molecule has 0 bridgehead atoms. The highest BCUT2D eigenvalue weighted by molar-refractivity contribution is 4.87. The van der Waals surface area contributed by atoms with Crippen molar-refractivity contribution in [3.05, 3.63) is 0 Å². The number of likely N-dealkylation sites (N-methyl/N-ethyl adjacent to an activating group) is 1. The van der Waals surface area contributed by atoms with Gasteiger partial charge in [-0.05, 0) is 25.8 Å². The molecule has 72 valence electrons. The van der Waals surface area contributed by atoms with E-state index in [2.05, 4.69) is 12.2 Å². The van der Waals surface area contributed by atoms with Gasteiger partial charge in [0, 0.05) is 6.54 Å². The molecular weight excluding hydrogens is 150 g/mol. The van der Waals surface area contributed by atoms with E-state index >= 15 is 0 Å². The van der Waals surface area contributed by atoms with Gasteiger partial charge >= 0.3 is 0 Å². The number of hydrogen-bond acceptors (Lipinski definition) is 2. The Kier molecular flexibility index (Phi) is 3.53. The van der Waals surface area contributed by atoms with Crippen molar-refractivity contribution >= 4 is 0 Å². The minimum absolute atomic E-state index is 0.409. The molecule has 0 aromatic heterocycles. The topological polar surface area (TPSA) is 32.3 Å². The Hall–Kier alpha value is -0.0800. The van der Waals surface area contributed by atoms with Crippen LogP contribution in [0.2, 0.25) is 0 Å². The minimum atomic E-state index is -0.409. The molecule has 0 aliphatic heterocycles. The molecule has 0 heterocycles. The summed E-state index contributed by atoms with van der Waals surface area (Å²) in [7, 11) is 1.91. The average Bonchev–Trinajstić information content (AvgIpc) is 2.04. The molecule has 12 heavy (non-hydrogen) atoms. The van der Waals surface area contributed by atoms with E-state index in [1.165, 1.54) is 19.3 Å². The van der Waals surface area contributed by atoms with Crippen LogP contribution in [0.25, 0.3) is 0 Å². The summed E-state index contributed by atoms with van der Waals surface area (Å²) in [5.74, 6) is 0.747. The highest BCUT2D eigenvalue weighted by Gasteiger charge is 2.32. The van der Waals surface area contributed by atoms with Crippen molar-refractivity contribution in [2.24, 2.45) is 5.92 Å². The molecule has 2 nitrogen and oxygen atoms in total. The van der Waals surface area contributed by atoms with E-state index in [4.69, 9.17) is 0 Å². The maximum Gasteiger partial charge on any atom is 0.0774 e. The highest BCUT2D eigenvalue weighted by atomic mass is 16.3. The molecule has 0 amide bonds. The summed E-state index contributed by atoms with van der Waals surface area (Å²) >= 11 is 0. The third kappa shape index (κ3) is 2.46. The Morgan fingerprint density at radius 2 is 2.33 bits per heavy atom. The van der Waals surface area contributed by atoms with Gasteiger partial charge in [0.25, 0.3) is 0 Å². The normalized spacial score (nSPS) is 36.8. The molecule has 0 saturated heterocycles. The first kappa shape index (κ1) is 10.0. The second-order valence-corrected chi connectivity index (χ2v) is 4.13. The SMILES string of the molecule is CCC1CCCC(O)(CNC)C1. The van der Waals surface area contributed by atoms with Gasteiger partial charge in [-0.2, -0.15) is 0 Å². The van der Waals surface area contributed by atoms with Crippen LogP contribution in [0.15, 0.2) is 0 Å². The van der Waals surface area contributed by atoms with Crippen molar-refractivity contribution in [2.75, 3.05) is 13.6 Å². The molecule has 0 spiro atoms. The second-order valence-electron chi connectivity index (χ2n) is 4.13. The molecule has 2 atom stereocenters. The van der Waals surface area contributed by atoms with E-state index in [1.54, 1.807) is 0 Å². The molecule has 1 rings (SSSR count). The largest absolute Gasteiger partial charge is 0.389 e. The molecule has 1 saturated carbocycles. The van der Waals surface area contributed by atoms with Crippen molar-refractivity contribution in [2.45, 2.75) is 44.6 Å². The lowest BCUT2D eigenvalue weighted by Gasteiger charge is -2.36. The fourth-order valence-electron chi connectivity index (χ4n) is 2.30. The summed E-state index contributed by atoms with van der Waals surface area (Å²) < 4.78 is 0. The van der Waals surface area contributed by atoms with Crippen LogP contribution in [0.5, 0.6) is 0 Å². The van der Waals surface area contributed by atoms with Crippen molar-refractivity contribution in [1.82, 2.24) is 5.32 Å². The zero-order valence-electron chi connectivity index (χ0n) is 8.27. The lowest BCUT2D eigenvalue weighted by atomic mass is 9.77. The molecule has 0 aromatic carbocycles. The fourth-order valence-corrected chi connectivity index (χ4v) is 2.30. The fraction of sp³-hybridized carbons (Fsp3) is 1.00. The molecule has 2 unspecified atom stereocenters. The van der Waals surface area contributed by atoms with Crippen molar-refractivity contribution < 1.29 is 5.11 Å². The quantitative estimate of drug-likeness (QED) is 0.675. The number of rotatable bonds is 3. The highest BCUT2D eigenvalue weighted by Crippen LogP contribution is 2.33. The van der Waals surface area contributed by atoms with Crippen LogP contribution in [0.1, 0.15) is 39.0 Å². The number of hydrogen-bond donors (Lipinski definition) is 2. The second kappa shape index (κ2) is 4.24. The molecule has 2 heteroatoms. The van der Waals surface area contributed by atoms with Gasteiger partial charge in [-0.1, -0.05) is 26.2 Å². The third-order valence-electron chi connectivity index (χ3n) is 3.01. The Balaban J connectivity index is 2.43. The number of nitrogens with one attached hydrogen (secondary N) is 1. The Labute approximate surface area is 75.4 Å². The van der Waals surface area contributed by atoms with Crippen LogP contribution >= 0.6 is 0 Å². The Morgan fingerprint density at radius 1 is 1.58 bits per heavy atom. The van der Waals surface area contributed by atoms with Crippen LogP contribution in [-0.2, 0) is 0 Å². The van der Waals surface area contributed by atoms with Gasteiger partial charge in [0.2, 0.25) is 0 Å². The zero-order chi connectivity index (χ0) is 9.03. The van der Waals surface area contributed by atoms with E-state index in [1.807, 2.05) is 7.05 Å². The van der Waals surface area contributed by atoms with Gasteiger partial charge in [0.05, 0.1) is 5.60 Å². The standard InChI is InChI=1S/C10H21NO/c1-3-9-5-4-6-10(12,7-9)8-11-2/h9,11-12H,3-8H2,1-2H3. The van der Waals surface area contributed by atoms with Crippen LogP contribution in [0, 0.1) is 5.92 Å². The lowest BCUT2D eigenvalue weighted by molar-refractivity contribution is -0.0140. The van der Waals surface area contributed by atoms with Crippen LogP contribution < -0.4 is 5.32 Å². The molecule has 1 aliphatic carbocycles. The summed E-state index contributed by atoms with van der Waals surface area (Å²) in [5.41, 5.74) is -0.409. The summed E-state index contributed by atoms with van der Waals surface area (Å²) in [6.45, 7) is 2.97. The van der Waals surface area contributed by atoms with E-state index in [9.17, 15) is 5.11 Å². The van der Waals surface area contributed by atoms with Crippen LogP contribution in [0.3, 0.4) is 0 Å².